The Labute approximate surface area is 148 Å². The lowest BCUT2D eigenvalue weighted by Gasteiger charge is -2.26. The molecule has 4 nitrogen and oxygen atoms in total. The highest BCUT2D eigenvalue weighted by molar-refractivity contribution is 5.86. The van der Waals surface area contributed by atoms with Crippen molar-refractivity contribution in [2.24, 2.45) is 5.92 Å². The summed E-state index contributed by atoms with van der Waals surface area (Å²) in [5.41, 5.74) is 3.54. The van der Waals surface area contributed by atoms with Gasteiger partial charge < -0.3 is 10.1 Å². The van der Waals surface area contributed by atoms with Crippen LogP contribution in [0.1, 0.15) is 23.1 Å². The molecule has 4 heteroatoms. The van der Waals surface area contributed by atoms with Crippen molar-refractivity contribution in [3.8, 4) is 0 Å². The average Bonchev–Trinajstić information content (AvgIpc) is 2.67. The van der Waals surface area contributed by atoms with Crippen molar-refractivity contribution in [3.05, 3.63) is 71.3 Å². The van der Waals surface area contributed by atoms with Crippen molar-refractivity contribution >= 4 is 11.9 Å². The summed E-state index contributed by atoms with van der Waals surface area (Å²) in [7, 11) is 1.35. The minimum Gasteiger partial charge on any atom is -0.467 e. The summed E-state index contributed by atoms with van der Waals surface area (Å²) < 4.78 is 4.88. The monoisotopic (exact) mass is 337 g/mol. The van der Waals surface area contributed by atoms with Crippen LogP contribution >= 0.6 is 0 Å². The fourth-order valence-corrected chi connectivity index (χ4v) is 3.40. The largest absolute Gasteiger partial charge is 0.467 e. The minimum absolute atomic E-state index is 0.0687. The van der Waals surface area contributed by atoms with Crippen molar-refractivity contribution in [1.29, 1.82) is 0 Å². The number of fused-ring (bicyclic) bond motifs is 1. The predicted molar refractivity (Wildman–Crippen MR) is 96.0 cm³/mol. The zero-order valence-electron chi connectivity index (χ0n) is 14.4. The molecule has 0 spiro atoms. The Morgan fingerprint density at radius 1 is 1.08 bits per heavy atom. The van der Waals surface area contributed by atoms with Gasteiger partial charge in [0.15, 0.2) is 0 Å². The summed E-state index contributed by atoms with van der Waals surface area (Å²) >= 11 is 0. The number of amides is 1. The number of esters is 1. The molecule has 0 saturated carbocycles. The first kappa shape index (κ1) is 17.2. The Balaban J connectivity index is 1.67. The Kier molecular flexibility index (Phi) is 5.49. The molecule has 2 atom stereocenters. The van der Waals surface area contributed by atoms with Crippen molar-refractivity contribution in [2.75, 3.05) is 7.11 Å². The molecule has 0 fully saturated rings. The van der Waals surface area contributed by atoms with E-state index < -0.39 is 12.0 Å². The van der Waals surface area contributed by atoms with Gasteiger partial charge in [0.2, 0.25) is 5.91 Å². The SMILES string of the molecule is COC(=O)[C@H](Cc1ccccc1)NC(=O)C1CCc2ccccc2C1. The van der Waals surface area contributed by atoms with Gasteiger partial charge in [-0.3, -0.25) is 4.79 Å². The van der Waals surface area contributed by atoms with E-state index in [4.69, 9.17) is 4.74 Å². The van der Waals surface area contributed by atoms with E-state index >= 15 is 0 Å². The molecule has 0 saturated heterocycles. The Hall–Kier alpha value is -2.62. The molecule has 1 aliphatic rings. The molecule has 0 radical (unpaired) electrons. The number of methoxy groups -OCH3 is 1. The summed E-state index contributed by atoms with van der Waals surface area (Å²) in [5, 5.41) is 2.90. The second kappa shape index (κ2) is 7.97. The van der Waals surface area contributed by atoms with E-state index in [-0.39, 0.29) is 11.8 Å². The van der Waals surface area contributed by atoms with Crippen molar-refractivity contribution in [3.63, 3.8) is 0 Å². The second-order valence-electron chi connectivity index (χ2n) is 6.48. The smallest absolute Gasteiger partial charge is 0.328 e. The molecule has 2 aromatic rings. The van der Waals surface area contributed by atoms with Gasteiger partial charge in [-0.1, -0.05) is 54.6 Å². The molecule has 1 aliphatic carbocycles. The van der Waals surface area contributed by atoms with Gasteiger partial charge in [-0.2, -0.15) is 0 Å². The Morgan fingerprint density at radius 3 is 2.48 bits per heavy atom. The summed E-state index contributed by atoms with van der Waals surface area (Å²) in [6.45, 7) is 0. The third-order valence-electron chi connectivity index (χ3n) is 4.80. The van der Waals surface area contributed by atoms with E-state index in [9.17, 15) is 9.59 Å². The highest BCUT2D eigenvalue weighted by atomic mass is 16.5. The number of hydrogen-bond donors (Lipinski definition) is 1. The molecular weight excluding hydrogens is 314 g/mol. The first-order valence-electron chi connectivity index (χ1n) is 8.66. The lowest BCUT2D eigenvalue weighted by Crippen LogP contribution is -2.46. The molecule has 1 N–H and O–H groups in total. The molecule has 3 rings (SSSR count). The maximum Gasteiger partial charge on any atom is 0.328 e. The van der Waals surface area contributed by atoms with Crippen LogP contribution in [-0.4, -0.2) is 25.0 Å². The van der Waals surface area contributed by atoms with Gasteiger partial charge in [-0.25, -0.2) is 4.79 Å². The van der Waals surface area contributed by atoms with Crippen LogP contribution in [0.25, 0.3) is 0 Å². The maximum absolute atomic E-state index is 12.7. The molecule has 25 heavy (non-hydrogen) atoms. The fourth-order valence-electron chi connectivity index (χ4n) is 3.40. The fraction of sp³-hybridized carbons (Fsp3) is 0.333. The number of ether oxygens (including phenoxy) is 1. The topological polar surface area (TPSA) is 55.4 Å². The van der Waals surface area contributed by atoms with Crippen LogP contribution in [0.15, 0.2) is 54.6 Å². The van der Waals surface area contributed by atoms with Crippen LogP contribution in [0.5, 0.6) is 0 Å². The highest BCUT2D eigenvalue weighted by Crippen LogP contribution is 2.25. The van der Waals surface area contributed by atoms with Crippen LogP contribution in [0, 0.1) is 5.92 Å². The molecular formula is C21H23NO3. The zero-order chi connectivity index (χ0) is 17.6. The predicted octanol–water partition coefficient (Wildman–Crippen LogP) is 2.69. The van der Waals surface area contributed by atoms with Gasteiger partial charge in [0.25, 0.3) is 0 Å². The Bertz CT molecular complexity index is 742. The van der Waals surface area contributed by atoms with Crippen LogP contribution in [-0.2, 0) is 33.6 Å². The van der Waals surface area contributed by atoms with E-state index in [1.54, 1.807) is 0 Å². The molecule has 0 aliphatic heterocycles. The van der Waals surface area contributed by atoms with Gasteiger partial charge >= 0.3 is 5.97 Å². The second-order valence-corrected chi connectivity index (χ2v) is 6.48. The van der Waals surface area contributed by atoms with Gasteiger partial charge in [0.1, 0.15) is 6.04 Å². The van der Waals surface area contributed by atoms with Crippen LogP contribution < -0.4 is 5.32 Å². The Morgan fingerprint density at radius 2 is 1.76 bits per heavy atom. The normalized spacial score (nSPS) is 17.2. The number of hydrogen-bond acceptors (Lipinski definition) is 3. The quantitative estimate of drug-likeness (QED) is 0.854. The van der Waals surface area contributed by atoms with Gasteiger partial charge in [-0.05, 0) is 36.0 Å². The third-order valence-corrected chi connectivity index (χ3v) is 4.80. The van der Waals surface area contributed by atoms with Crippen molar-refractivity contribution in [1.82, 2.24) is 5.32 Å². The van der Waals surface area contributed by atoms with E-state index in [0.717, 1.165) is 24.8 Å². The summed E-state index contributed by atoms with van der Waals surface area (Å²) in [6.07, 6.45) is 2.86. The van der Waals surface area contributed by atoms with Crippen molar-refractivity contribution < 1.29 is 14.3 Å². The number of benzene rings is 2. The summed E-state index contributed by atoms with van der Waals surface area (Å²) in [5.74, 6) is -0.577. The number of aryl methyl sites for hydroxylation is 1. The molecule has 2 aromatic carbocycles. The van der Waals surface area contributed by atoms with Crippen LogP contribution in [0.4, 0.5) is 0 Å². The van der Waals surface area contributed by atoms with Gasteiger partial charge in [-0.15, -0.1) is 0 Å². The van der Waals surface area contributed by atoms with Crippen molar-refractivity contribution in [2.45, 2.75) is 31.7 Å². The van der Waals surface area contributed by atoms with Gasteiger partial charge in [0.05, 0.1) is 7.11 Å². The molecule has 0 heterocycles. The number of nitrogens with one attached hydrogen (secondary N) is 1. The zero-order valence-corrected chi connectivity index (χ0v) is 14.4. The maximum atomic E-state index is 12.7. The van der Waals surface area contributed by atoms with Gasteiger partial charge in [0, 0.05) is 12.3 Å². The first-order chi connectivity index (χ1) is 12.2. The van der Waals surface area contributed by atoms with Crippen LogP contribution in [0.3, 0.4) is 0 Å². The van der Waals surface area contributed by atoms with E-state index in [2.05, 4.69) is 17.4 Å². The third kappa shape index (κ3) is 4.27. The molecule has 0 bridgehead atoms. The highest BCUT2D eigenvalue weighted by Gasteiger charge is 2.28. The number of carbonyl (C=O) groups excluding carboxylic acids is 2. The molecule has 130 valence electrons. The standard InChI is InChI=1S/C21H23NO3/c1-25-21(24)19(13-15-7-3-2-4-8-15)22-20(23)18-12-11-16-9-5-6-10-17(16)14-18/h2-10,18-19H,11-14H2,1H3,(H,22,23)/t18?,19-/m0/s1. The lowest BCUT2D eigenvalue weighted by molar-refractivity contribution is -0.145. The average molecular weight is 337 g/mol. The minimum atomic E-state index is -0.655. The van der Waals surface area contributed by atoms with E-state index in [1.165, 1.54) is 18.2 Å². The summed E-state index contributed by atoms with van der Waals surface area (Å²) in [6, 6.07) is 17.2. The van der Waals surface area contributed by atoms with Crippen LogP contribution in [0.2, 0.25) is 0 Å². The van der Waals surface area contributed by atoms with E-state index in [1.807, 2.05) is 42.5 Å². The van der Waals surface area contributed by atoms with E-state index in [0.29, 0.717) is 6.42 Å². The molecule has 1 amide bonds. The first-order valence-corrected chi connectivity index (χ1v) is 8.66. The molecule has 0 aromatic heterocycles. The lowest BCUT2D eigenvalue weighted by atomic mass is 9.83. The summed E-state index contributed by atoms with van der Waals surface area (Å²) in [4.78, 5) is 24.8. The number of rotatable bonds is 5. The molecule has 1 unspecified atom stereocenters. The number of carbonyl (C=O) groups is 2.